The molecule has 18 heteroatoms. The number of carboxylic acid groups (broad SMARTS) is 1. The number of aromatic nitrogens is 5. The fraction of sp³-hybridized carbons (Fsp3) is 0.320. The van der Waals surface area contributed by atoms with Gasteiger partial charge in [0, 0.05) is 23.5 Å². The number of thiazole rings is 1. The number of tetrazole rings is 1. The van der Waals surface area contributed by atoms with Gasteiger partial charge < -0.3 is 10.0 Å². The zero-order chi connectivity index (χ0) is 31.9. The highest BCUT2D eigenvalue weighted by Gasteiger charge is 2.37. The highest BCUT2D eigenvalue weighted by Crippen LogP contribution is 2.39. The number of anilines is 1. The van der Waals surface area contributed by atoms with Crippen molar-refractivity contribution in [2.24, 2.45) is 7.05 Å². The van der Waals surface area contributed by atoms with Gasteiger partial charge in [0.25, 0.3) is 5.95 Å². The number of rotatable bonds is 8. The van der Waals surface area contributed by atoms with Crippen LogP contribution in [-0.2, 0) is 45.1 Å². The molecule has 0 saturated heterocycles. The molecule has 0 spiro atoms. The molecule has 4 rings (SSSR count). The Bertz CT molecular complexity index is 1610. The van der Waals surface area contributed by atoms with E-state index in [0.29, 0.717) is 17.0 Å². The van der Waals surface area contributed by atoms with Crippen LogP contribution in [0.5, 0.6) is 0 Å². The van der Waals surface area contributed by atoms with Crippen molar-refractivity contribution in [3.63, 3.8) is 0 Å². The van der Waals surface area contributed by atoms with Gasteiger partial charge in [0.1, 0.15) is 0 Å². The van der Waals surface area contributed by atoms with Crippen LogP contribution < -0.4 is 4.90 Å². The average Bonchev–Trinajstić information content (AvgIpc) is 3.53. The van der Waals surface area contributed by atoms with Crippen molar-refractivity contribution < 1.29 is 49.4 Å². The lowest BCUT2D eigenvalue weighted by Crippen LogP contribution is -2.25. The van der Waals surface area contributed by atoms with Crippen molar-refractivity contribution in [2.45, 2.75) is 45.0 Å². The molecule has 0 aliphatic heterocycles. The lowest BCUT2D eigenvalue weighted by molar-refractivity contribution is -0.143. The Labute approximate surface area is 240 Å². The first-order valence-corrected chi connectivity index (χ1v) is 12.9. The minimum atomic E-state index is -5.14. The second-order valence-electron chi connectivity index (χ2n) is 9.17. The normalized spacial score (nSPS) is 12.5. The van der Waals surface area contributed by atoms with Crippen molar-refractivity contribution in [3.8, 4) is 11.3 Å². The predicted octanol–water partition coefficient (Wildman–Crippen LogP) is 6.86. The van der Waals surface area contributed by atoms with Crippen LogP contribution in [0.1, 0.15) is 49.4 Å². The first kappa shape index (κ1) is 31.7. The molecule has 0 saturated carbocycles. The van der Waals surface area contributed by atoms with Gasteiger partial charge in [-0.25, -0.2) is 9.78 Å². The third-order valence-electron chi connectivity index (χ3n) is 6.05. The molecular formula is C25H19F9N6O2S. The Kier molecular flexibility index (Phi) is 8.45. The maximum Gasteiger partial charge on any atom is 0.416 e. The lowest BCUT2D eigenvalue weighted by atomic mass is 9.99. The van der Waals surface area contributed by atoms with Crippen LogP contribution in [0.2, 0.25) is 0 Å². The third-order valence-corrected chi connectivity index (χ3v) is 7.24. The van der Waals surface area contributed by atoms with Gasteiger partial charge in [-0.15, -0.1) is 16.4 Å². The molecule has 0 atom stereocenters. The van der Waals surface area contributed by atoms with Crippen LogP contribution in [0.4, 0.5) is 45.5 Å². The van der Waals surface area contributed by atoms with Gasteiger partial charge in [-0.3, -0.25) is 0 Å². The highest BCUT2D eigenvalue weighted by atomic mass is 32.1. The molecule has 0 aliphatic carbocycles. The summed E-state index contributed by atoms with van der Waals surface area (Å²) in [6.45, 7) is 0.409. The second-order valence-corrected chi connectivity index (χ2v) is 10.3. The summed E-state index contributed by atoms with van der Waals surface area (Å²) in [5.41, 5.74) is -4.74. The molecule has 2 aromatic carbocycles. The van der Waals surface area contributed by atoms with E-state index in [9.17, 15) is 49.4 Å². The van der Waals surface area contributed by atoms with Gasteiger partial charge in [-0.1, -0.05) is 18.1 Å². The fourth-order valence-corrected chi connectivity index (χ4v) is 5.01. The predicted molar refractivity (Wildman–Crippen MR) is 134 cm³/mol. The SMILES string of the molecule is CCc1sc(C(=O)O)nc1-c1ccc(C(F)(F)F)cc1CN(Cc1cc(C(F)(F)F)cc(C(F)(F)F)c1)c1nnn(C)n1. The molecule has 0 amide bonds. The van der Waals surface area contributed by atoms with Crippen LogP contribution in [0, 0.1) is 0 Å². The van der Waals surface area contributed by atoms with Crippen LogP contribution in [0.25, 0.3) is 11.3 Å². The third kappa shape index (κ3) is 7.23. The van der Waals surface area contributed by atoms with E-state index in [4.69, 9.17) is 0 Å². The maximum absolute atomic E-state index is 13.7. The largest absolute Gasteiger partial charge is 0.476 e. The van der Waals surface area contributed by atoms with E-state index in [1.807, 2.05) is 0 Å². The summed E-state index contributed by atoms with van der Waals surface area (Å²) in [7, 11) is 1.33. The molecule has 1 N–H and O–H groups in total. The molecule has 8 nitrogen and oxygen atoms in total. The highest BCUT2D eigenvalue weighted by molar-refractivity contribution is 7.14. The Balaban J connectivity index is 1.88. The zero-order valence-corrected chi connectivity index (χ0v) is 22.8. The molecule has 0 unspecified atom stereocenters. The number of aromatic carboxylic acids is 1. The lowest BCUT2D eigenvalue weighted by Gasteiger charge is -2.24. The van der Waals surface area contributed by atoms with Crippen LogP contribution in [0.15, 0.2) is 36.4 Å². The molecule has 4 aromatic rings. The fourth-order valence-electron chi connectivity index (χ4n) is 4.16. The smallest absolute Gasteiger partial charge is 0.416 e. The second kappa shape index (κ2) is 11.5. The Morgan fingerprint density at radius 1 is 0.907 bits per heavy atom. The number of aryl methyl sites for hydroxylation is 2. The van der Waals surface area contributed by atoms with Gasteiger partial charge in [0.05, 0.1) is 29.4 Å². The monoisotopic (exact) mass is 638 g/mol. The van der Waals surface area contributed by atoms with Crippen molar-refractivity contribution in [2.75, 3.05) is 4.90 Å². The van der Waals surface area contributed by atoms with E-state index in [1.165, 1.54) is 7.05 Å². The molecule has 43 heavy (non-hydrogen) atoms. The summed E-state index contributed by atoms with van der Waals surface area (Å²) in [6.07, 6.45) is -14.8. The molecule has 0 radical (unpaired) electrons. The molecule has 2 aromatic heterocycles. The van der Waals surface area contributed by atoms with Gasteiger partial charge in [-0.05, 0) is 53.1 Å². The van der Waals surface area contributed by atoms with Crippen LogP contribution >= 0.6 is 11.3 Å². The molecule has 2 heterocycles. The summed E-state index contributed by atoms with van der Waals surface area (Å²) < 4.78 is 122. The number of carboxylic acids is 1. The van der Waals surface area contributed by atoms with E-state index >= 15 is 0 Å². The zero-order valence-electron chi connectivity index (χ0n) is 21.9. The van der Waals surface area contributed by atoms with Gasteiger partial charge in [-0.2, -0.15) is 44.3 Å². The molecule has 0 fully saturated rings. The Hall–Kier alpha value is -4.22. The molecule has 230 valence electrons. The molecular weight excluding hydrogens is 619 g/mol. The molecule has 0 bridgehead atoms. The summed E-state index contributed by atoms with van der Waals surface area (Å²) >= 11 is 0.812. The van der Waals surface area contributed by atoms with E-state index < -0.39 is 59.8 Å². The number of nitrogens with zero attached hydrogens (tertiary/aromatic N) is 6. The van der Waals surface area contributed by atoms with E-state index in [-0.39, 0.29) is 40.3 Å². The average molecular weight is 639 g/mol. The van der Waals surface area contributed by atoms with Crippen LogP contribution in [-0.4, -0.2) is 36.3 Å². The van der Waals surface area contributed by atoms with Gasteiger partial charge in [0.15, 0.2) is 0 Å². The summed E-state index contributed by atoms with van der Waals surface area (Å²) in [6, 6.07) is 3.50. The summed E-state index contributed by atoms with van der Waals surface area (Å²) in [4.78, 5) is 18.0. The van der Waals surface area contributed by atoms with Crippen LogP contribution in [0.3, 0.4) is 0 Å². The van der Waals surface area contributed by atoms with Crippen molar-refractivity contribution in [1.82, 2.24) is 25.2 Å². The number of hydrogen-bond acceptors (Lipinski definition) is 7. The Morgan fingerprint density at radius 2 is 1.51 bits per heavy atom. The van der Waals surface area contributed by atoms with Crippen molar-refractivity contribution >= 4 is 23.3 Å². The van der Waals surface area contributed by atoms with E-state index in [1.54, 1.807) is 6.92 Å². The number of benzene rings is 2. The van der Waals surface area contributed by atoms with Gasteiger partial charge in [0.2, 0.25) is 5.01 Å². The van der Waals surface area contributed by atoms with E-state index in [0.717, 1.165) is 39.2 Å². The summed E-state index contributed by atoms with van der Waals surface area (Å²) in [5, 5.41) is 20.4. The van der Waals surface area contributed by atoms with Crippen molar-refractivity contribution in [1.29, 1.82) is 0 Å². The molecule has 0 aliphatic rings. The Morgan fingerprint density at radius 3 is 2.00 bits per heavy atom. The topological polar surface area (TPSA) is 97.0 Å². The number of alkyl halides is 9. The van der Waals surface area contributed by atoms with E-state index in [2.05, 4.69) is 20.4 Å². The quantitative estimate of drug-likeness (QED) is 0.211. The van der Waals surface area contributed by atoms with Crippen molar-refractivity contribution in [3.05, 3.63) is 74.1 Å². The van der Waals surface area contributed by atoms with Gasteiger partial charge >= 0.3 is 24.5 Å². The standard InChI is InChI=1S/C25H19F9N6O2S/c1-3-18-19(35-20(43-18)21(41)42)17-5-4-14(23(26,27)28)8-13(17)11-40(22-36-38-39(2)37-22)10-12-6-15(24(29,30)31)9-16(7-12)25(32,33)34/h4-9H,3,10-11H2,1-2H3,(H,41,42). The summed E-state index contributed by atoms with van der Waals surface area (Å²) in [5.74, 6) is -1.67. The number of halogens is 9. The number of carbonyl (C=O) groups is 1. The first-order valence-electron chi connectivity index (χ1n) is 12.1. The minimum Gasteiger partial charge on any atom is -0.476 e. The number of hydrogen-bond donors (Lipinski definition) is 1. The maximum atomic E-state index is 13.7. The minimum absolute atomic E-state index is 0.0477. The first-order chi connectivity index (χ1) is 19.9.